The second-order valence-electron chi connectivity index (χ2n) is 13.5. The summed E-state index contributed by atoms with van der Waals surface area (Å²) < 4.78 is 0. The van der Waals surface area contributed by atoms with Gasteiger partial charge in [-0.3, -0.25) is 0 Å². The van der Waals surface area contributed by atoms with E-state index in [9.17, 15) is 0 Å². The van der Waals surface area contributed by atoms with Gasteiger partial charge in [0.15, 0.2) is 0 Å². The molecule has 54 heavy (non-hydrogen) atoms. The maximum atomic E-state index is 2.35. The van der Waals surface area contributed by atoms with Crippen molar-refractivity contribution in [3.63, 3.8) is 0 Å². The summed E-state index contributed by atoms with van der Waals surface area (Å²) in [6, 6.07) is 78.0. The summed E-state index contributed by atoms with van der Waals surface area (Å²) in [4.78, 5) is 4.63. The fraction of sp³-hybridized carbons (Fsp3) is 0. The van der Waals surface area contributed by atoms with E-state index < -0.39 is 0 Å². The number of para-hydroxylation sites is 2. The molecule has 2 heteroatoms. The molecule has 0 atom stereocenters. The zero-order valence-electron chi connectivity index (χ0n) is 29.8. The van der Waals surface area contributed by atoms with Crippen LogP contribution in [0.1, 0.15) is 11.1 Å². The predicted octanol–water partition coefficient (Wildman–Crippen LogP) is 14.8. The topological polar surface area (TPSA) is 6.48 Å². The van der Waals surface area contributed by atoms with E-state index in [0.717, 1.165) is 45.3 Å². The van der Waals surface area contributed by atoms with Crippen LogP contribution in [0.2, 0.25) is 0 Å². The van der Waals surface area contributed by atoms with E-state index in [1.54, 1.807) is 0 Å². The number of rotatable bonds is 9. The standard InChI is InChI=1S/C52H38N2/c1-3-15-47(16-4-1)53(48-17-5-2-6-18-48)50-33-27-44(28-34-50)43-25-21-39(22-26-43)19-20-40-23-31-49(32-24-40)54(51-35-29-41-11-7-9-13-45(41)37-51)52-36-30-42-12-8-10-14-46(42)38-52/h1-38H. The second kappa shape index (κ2) is 14.8. The third kappa shape index (κ3) is 6.89. The van der Waals surface area contributed by atoms with Gasteiger partial charge in [-0.15, -0.1) is 0 Å². The molecule has 0 amide bonds. The molecule has 0 saturated carbocycles. The molecule has 2 nitrogen and oxygen atoms in total. The van der Waals surface area contributed by atoms with Crippen LogP contribution in [0.5, 0.6) is 0 Å². The fourth-order valence-electron chi connectivity index (χ4n) is 7.20. The van der Waals surface area contributed by atoms with Crippen LogP contribution in [0, 0.1) is 0 Å². The van der Waals surface area contributed by atoms with Crippen molar-refractivity contribution in [1.29, 1.82) is 0 Å². The van der Waals surface area contributed by atoms with Crippen LogP contribution in [0.25, 0.3) is 44.8 Å². The number of fused-ring (bicyclic) bond motifs is 2. The smallest absolute Gasteiger partial charge is 0.0468 e. The molecule has 9 rings (SSSR count). The van der Waals surface area contributed by atoms with Crippen molar-refractivity contribution < 1.29 is 0 Å². The molecule has 0 fully saturated rings. The lowest BCUT2D eigenvalue weighted by molar-refractivity contribution is 1.28. The Bertz CT molecular complexity index is 2560. The Morgan fingerprint density at radius 1 is 0.241 bits per heavy atom. The van der Waals surface area contributed by atoms with Crippen molar-refractivity contribution in [3.8, 4) is 11.1 Å². The Hall–Kier alpha value is -7.16. The average molecular weight is 691 g/mol. The van der Waals surface area contributed by atoms with Gasteiger partial charge in [-0.1, -0.05) is 158 Å². The van der Waals surface area contributed by atoms with Gasteiger partial charge in [-0.2, -0.15) is 0 Å². The summed E-state index contributed by atoms with van der Waals surface area (Å²) in [6.07, 6.45) is 4.37. The fourth-order valence-corrected chi connectivity index (χ4v) is 7.20. The summed E-state index contributed by atoms with van der Waals surface area (Å²) in [5.41, 5.74) is 11.5. The lowest BCUT2D eigenvalue weighted by Gasteiger charge is -2.26. The van der Waals surface area contributed by atoms with Crippen LogP contribution in [-0.4, -0.2) is 0 Å². The zero-order chi connectivity index (χ0) is 36.1. The van der Waals surface area contributed by atoms with Gasteiger partial charge in [-0.25, -0.2) is 0 Å². The van der Waals surface area contributed by atoms with E-state index in [2.05, 4.69) is 240 Å². The molecular weight excluding hydrogens is 653 g/mol. The first-order valence-corrected chi connectivity index (χ1v) is 18.4. The minimum absolute atomic E-state index is 1.11. The van der Waals surface area contributed by atoms with Crippen molar-refractivity contribution in [2.75, 3.05) is 9.80 Å². The Morgan fingerprint density at radius 3 is 1.02 bits per heavy atom. The van der Waals surface area contributed by atoms with E-state index in [1.807, 2.05) is 0 Å². The quantitative estimate of drug-likeness (QED) is 0.139. The molecule has 0 bridgehead atoms. The minimum Gasteiger partial charge on any atom is -0.311 e. The van der Waals surface area contributed by atoms with Crippen molar-refractivity contribution in [1.82, 2.24) is 0 Å². The van der Waals surface area contributed by atoms with Crippen molar-refractivity contribution in [2.24, 2.45) is 0 Å². The highest BCUT2D eigenvalue weighted by Gasteiger charge is 2.14. The van der Waals surface area contributed by atoms with E-state index in [1.165, 1.54) is 32.7 Å². The maximum absolute atomic E-state index is 2.35. The van der Waals surface area contributed by atoms with Crippen LogP contribution >= 0.6 is 0 Å². The number of hydrogen-bond donors (Lipinski definition) is 0. The van der Waals surface area contributed by atoms with Crippen LogP contribution < -0.4 is 9.80 Å². The monoisotopic (exact) mass is 690 g/mol. The average Bonchev–Trinajstić information content (AvgIpc) is 3.25. The van der Waals surface area contributed by atoms with Crippen LogP contribution in [0.4, 0.5) is 34.1 Å². The van der Waals surface area contributed by atoms with Gasteiger partial charge >= 0.3 is 0 Å². The lowest BCUT2D eigenvalue weighted by Crippen LogP contribution is -2.09. The van der Waals surface area contributed by atoms with Gasteiger partial charge in [0.2, 0.25) is 0 Å². The van der Waals surface area contributed by atoms with Gasteiger partial charge in [0.1, 0.15) is 0 Å². The SMILES string of the molecule is C(=Cc1ccc(N(c2ccc3ccccc3c2)c2ccc3ccccc3c2)cc1)c1ccc(-c2ccc(N(c3ccccc3)c3ccccc3)cc2)cc1. The molecule has 9 aromatic rings. The highest BCUT2D eigenvalue weighted by Crippen LogP contribution is 2.38. The van der Waals surface area contributed by atoms with Crippen molar-refractivity contribution in [3.05, 3.63) is 230 Å². The lowest BCUT2D eigenvalue weighted by atomic mass is 10.0. The third-order valence-electron chi connectivity index (χ3n) is 10.0. The minimum atomic E-state index is 1.11. The Balaban J connectivity index is 0.943. The highest BCUT2D eigenvalue weighted by atomic mass is 15.1. The van der Waals surface area contributed by atoms with Crippen LogP contribution in [-0.2, 0) is 0 Å². The number of hydrogen-bond acceptors (Lipinski definition) is 2. The second-order valence-corrected chi connectivity index (χ2v) is 13.5. The molecule has 0 aliphatic carbocycles. The van der Waals surface area contributed by atoms with Gasteiger partial charge in [0.05, 0.1) is 0 Å². The highest BCUT2D eigenvalue weighted by molar-refractivity contribution is 5.92. The molecule has 9 aromatic carbocycles. The number of benzene rings is 9. The predicted molar refractivity (Wildman–Crippen MR) is 232 cm³/mol. The zero-order valence-corrected chi connectivity index (χ0v) is 29.8. The summed E-state index contributed by atoms with van der Waals surface area (Å²) in [5.74, 6) is 0. The van der Waals surface area contributed by atoms with Gasteiger partial charge in [0, 0.05) is 34.1 Å². The molecule has 0 aromatic heterocycles. The van der Waals surface area contributed by atoms with Crippen molar-refractivity contribution in [2.45, 2.75) is 0 Å². The maximum Gasteiger partial charge on any atom is 0.0468 e. The van der Waals surface area contributed by atoms with Crippen LogP contribution in [0.15, 0.2) is 218 Å². The van der Waals surface area contributed by atoms with Gasteiger partial charge in [-0.05, 0) is 117 Å². The molecule has 256 valence electrons. The molecule has 0 unspecified atom stereocenters. The number of anilines is 6. The molecule has 0 radical (unpaired) electrons. The molecule has 0 heterocycles. The number of nitrogens with zero attached hydrogens (tertiary/aromatic N) is 2. The molecule has 0 spiro atoms. The summed E-state index contributed by atoms with van der Waals surface area (Å²) >= 11 is 0. The first-order valence-electron chi connectivity index (χ1n) is 18.4. The van der Waals surface area contributed by atoms with E-state index in [4.69, 9.17) is 0 Å². The summed E-state index contributed by atoms with van der Waals surface area (Å²) in [7, 11) is 0. The third-order valence-corrected chi connectivity index (χ3v) is 10.0. The Kier molecular flexibility index (Phi) is 8.99. The first-order chi connectivity index (χ1) is 26.7. The van der Waals surface area contributed by atoms with E-state index >= 15 is 0 Å². The molecule has 0 aliphatic heterocycles. The van der Waals surface area contributed by atoms with E-state index in [0.29, 0.717) is 0 Å². The van der Waals surface area contributed by atoms with Crippen molar-refractivity contribution >= 4 is 67.8 Å². The summed E-state index contributed by atoms with van der Waals surface area (Å²) in [6.45, 7) is 0. The Morgan fingerprint density at radius 2 is 0.556 bits per heavy atom. The van der Waals surface area contributed by atoms with Gasteiger partial charge < -0.3 is 9.80 Å². The molecule has 0 aliphatic rings. The Labute approximate surface area is 317 Å². The van der Waals surface area contributed by atoms with Crippen LogP contribution in [0.3, 0.4) is 0 Å². The molecular formula is C52H38N2. The van der Waals surface area contributed by atoms with Gasteiger partial charge in [0.25, 0.3) is 0 Å². The molecule has 0 N–H and O–H groups in total. The molecule has 0 saturated heterocycles. The largest absolute Gasteiger partial charge is 0.311 e. The van der Waals surface area contributed by atoms with E-state index in [-0.39, 0.29) is 0 Å². The summed E-state index contributed by atoms with van der Waals surface area (Å²) in [5, 5.41) is 4.92. The normalized spacial score (nSPS) is 11.3. The first kappa shape index (κ1) is 32.7.